The van der Waals surface area contributed by atoms with Gasteiger partial charge >= 0.3 is 6.18 Å². The average Bonchev–Trinajstić information content (AvgIpc) is 3.16. The van der Waals surface area contributed by atoms with Crippen LogP contribution in [0.2, 0.25) is 0 Å². The first-order valence-corrected chi connectivity index (χ1v) is 10.4. The van der Waals surface area contributed by atoms with Crippen molar-refractivity contribution in [3.8, 4) is 0 Å². The van der Waals surface area contributed by atoms with Crippen molar-refractivity contribution in [3.63, 3.8) is 0 Å². The zero-order valence-corrected chi connectivity index (χ0v) is 17.7. The van der Waals surface area contributed by atoms with Crippen molar-refractivity contribution in [2.45, 2.75) is 26.6 Å². The molecule has 0 bridgehead atoms. The fraction of sp³-hybridized carbons (Fsp3) is 0.167. The Kier molecular flexibility index (Phi) is 5.54. The number of benzene rings is 3. The number of aryl methyl sites for hydroxylation is 2. The second-order valence-corrected chi connectivity index (χ2v) is 8.39. The van der Waals surface area contributed by atoms with Crippen molar-refractivity contribution in [3.05, 3.63) is 94.5 Å². The zero-order chi connectivity index (χ0) is 22.2. The molecular formula is C24H19F3N2OS. The number of amides is 1. The summed E-state index contributed by atoms with van der Waals surface area (Å²) in [7, 11) is 0. The lowest BCUT2D eigenvalue weighted by Gasteiger charge is -2.20. The highest BCUT2D eigenvalue weighted by Crippen LogP contribution is 2.34. The monoisotopic (exact) mass is 440 g/mol. The lowest BCUT2D eigenvalue weighted by Crippen LogP contribution is -2.30. The van der Waals surface area contributed by atoms with Crippen LogP contribution in [0.4, 0.5) is 18.3 Å². The second-order valence-electron chi connectivity index (χ2n) is 7.38. The molecule has 31 heavy (non-hydrogen) atoms. The Balaban J connectivity index is 1.76. The van der Waals surface area contributed by atoms with Crippen LogP contribution < -0.4 is 4.90 Å². The number of rotatable bonds is 4. The first-order chi connectivity index (χ1) is 14.7. The van der Waals surface area contributed by atoms with E-state index in [4.69, 9.17) is 4.98 Å². The van der Waals surface area contributed by atoms with Gasteiger partial charge < -0.3 is 0 Å². The van der Waals surface area contributed by atoms with E-state index in [1.54, 1.807) is 0 Å². The number of carbonyl (C=O) groups is 1. The van der Waals surface area contributed by atoms with Gasteiger partial charge in [-0.15, -0.1) is 0 Å². The summed E-state index contributed by atoms with van der Waals surface area (Å²) in [6, 6.07) is 17.8. The van der Waals surface area contributed by atoms with E-state index in [9.17, 15) is 18.0 Å². The standard InChI is InChI=1S/C24H19F3N2OS/c1-15-12-16(2)21-20(13-15)31-23(28-21)29(14-17-6-4-3-5-7-17)22(30)18-8-10-19(11-9-18)24(25,26)27/h3-13H,14H2,1-2H3. The predicted octanol–water partition coefficient (Wildman–Crippen LogP) is 6.78. The van der Waals surface area contributed by atoms with E-state index >= 15 is 0 Å². The van der Waals surface area contributed by atoms with Gasteiger partial charge in [0.2, 0.25) is 0 Å². The molecule has 3 aromatic carbocycles. The third-order valence-electron chi connectivity index (χ3n) is 4.94. The Morgan fingerprint density at radius 2 is 1.68 bits per heavy atom. The maximum Gasteiger partial charge on any atom is 0.416 e. The van der Waals surface area contributed by atoms with Crippen LogP contribution in [0.1, 0.15) is 32.6 Å². The highest BCUT2D eigenvalue weighted by atomic mass is 32.1. The Bertz CT molecular complexity index is 1230. The molecule has 0 saturated heterocycles. The van der Waals surface area contributed by atoms with Crippen molar-refractivity contribution in [2.75, 3.05) is 4.90 Å². The minimum Gasteiger partial charge on any atom is -0.279 e. The summed E-state index contributed by atoms with van der Waals surface area (Å²) in [6.45, 7) is 4.23. The molecule has 0 spiro atoms. The number of anilines is 1. The molecule has 7 heteroatoms. The zero-order valence-electron chi connectivity index (χ0n) is 16.9. The Morgan fingerprint density at radius 1 is 1.00 bits per heavy atom. The highest BCUT2D eigenvalue weighted by Gasteiger charge is 2.31. The Labute approximate surface area is 181 Å². The van der Waals surface area contributed by atoms with Crippen LogP contribution in [-0.2, 0) is 12.7 Å². The molecule has 3 nitrogen and oxygen atoms in total. The van der Waals surface area contributed by atoms with Gasteiger partial charge in [-0.3, -0.25) is 9.69 Å². The van der Waals surface area contributed by atoms with Gasteiger partial charge in [0.05, 0.1) is 22.3 Å². The summed E-state index contributed by atoms with van der Waals surface area (Å²) in [5.41, 5.74) is 3.22. The normalized spacial score (nSPS) is 11.6. The quantitative estimate of drug-likeness (QED) is 0.350. The van der Waals surface area contributed by atoms with Crippen LogP contribution in [0.15, 0.2) is 66.7 Å². The molecule has 1 aromatic heterocycles. The summed E-state index contributed by atoms with van der Waals surface area (Å²) in [5, 5.41) is 0.512. The summed E-state index contributed by atoms with van der Waals surface area (Å²) in [6.07, 6.45) is -4.45. The van der Waals surface area contributed by atoms with Crippen LogP contribution in [0.3, 0.4) is 0 Å². The molecule has 0 aliphatic heterocycles. The first kappa shape index (κ1) is 21.1. The molecule has 4 rings (SSSR count). The lowest BCUT2D eigenvalue weighted by molar-refractivity contribution is -0.137. The molecule has 0 saturated carbocycles. The van der Waals surface area contributed by atoms with Gasteiger partial charge in [-0.2, -0.15) is 13.2 Å². The summed E-state index contributed by atoms with van der Waals surface area (Å²) in [4.78, 5) is 19.6. The van der Waals surface area contributed by atoms with Gasteiger partial charge in [0, 0.05) is 5.56 Å². The van der Waals surface area contributed by atoms with E-state index in [0.717, 1.165) is 39.0 Å². The van der Waals surface area contributed by atoms with E-state index in [-0.39, 0.29) is 12.1 Å². The number of fused-ring (bicyclic) bond motifs is 1. The lowest BCUT2D eigenvalue weighted by atomic mass is 10.1. The molecule has 4 aromatic rings. The molecule has 1 amide bonds. The number of hydrogen-bond acceptors (Lipinski definition) is 3. The first-order valence-electron chi connectivity index (χ1n) is 9.63. The fourth-order valence-electron chi connectivity index (χ4n) is 3.42. The summed E-state index contributed by atoms with van der Waals surface area (Å²) >= 11 is 1.40. The van der Waals surface area contributed by atoms with Crippen molar-refractivity contribution in [1.29, 1.82) is 0 Å². The van der Waals surface area contributed by atoms with Crippen LogP contribution in [0.5, 0.6) is 0 Å². The van der Waals surface area contributed by atoms with Crippen molar-refractivity contribution in [2.24, 2.45) is 0 Å². The van der Waals surface area contributed by atoms with Gasteiger partial charge in [0.1, 0.15) is 0 Å². The molecule has 0 fully saturated rings. The second kappa shape index (κ2) is 8.15. The number of carbonyl (C=O) groups excluding carboxylic acids is 1. The smallest absolute Gasteiger partial charge is 0.279 e. The number of nitrogens with zero attached hydrogens (tertiary/aromatic N) is 2. The molecule has 0 N–H and O–H groups in total. The number of thiazole rings is 1. The molecule has 158 valence electrons. The van der Waals surface area contributed by atoms with Crippen LogP contribution in [0.25, 0.3) is 10.2 Å². The minimum atomic E-state index is -4.45. The van der Waals surface area contributed by atoms with Gasteiger partial charge in [-0.05, 0) is 60.9 Å². The minimum absolute atomic E-state index is 0.177. The van der Waals surface area contributed by atoms with Gasteiger partial charge in [-0.1, -0.05) is 47.7 Å². The van der Waals surface area contributed by atoms with Crippen molar-refractivity contribution in [1.82, 2.24) is 4.98 Å². The van der Waals surface area contributed by atoms with E-state index < -0.39 is 17.6 Å². The van der Waals surface area contributed by atoms with E-state index in [2.05, 4.69) is 0 Å². The number of alkyl halides is 3. The largest absolute Gasteiger partial charge is 0.416 e. The maximum atomic E-state index is 13.4. The van der Waals surface area contributed by atoms with E-state index in [0.29, 0.717) is 5.13 Å². The van der Waals surface area contributed by atoms with Gasteiger partial charge in [0.25, 0.3) is 5.91 Å². The van der Waals surface area contributed by atoms with Crippen molar-refractivity contribution < 1.29 is 18.0 Å². The molecule has 0 aliphatic rings. The Hall–Kier alpha value is -3.19. The molecule has 0 atom stereocenters. The van der Waals surface area contributed by atoms with Crippen LogP contribution >= 0.6 is 11.3 Å². The third-order valence-corrected chi connectivity index (χ3v) is 5.96. The molecular weight excluding hydrogens is 421 g/mol. The summed E-state index contributed by atoms with van der Waals surface area (Å²) in [5.74, 6) is -0.397. The number of halogens is 3. The summed E-state index contributed by atoms with van der Waals surface area (Å²) < 4.78 is 39.7. The van der Waals surface area contributed by atoms with E-state index in [1.807, 2.05) is 56.3 Å². The van der Waals surface area contributed by atoms with Gasteiger partial charge in [0.15, 0.2) is 5.13 Å². The molecule has 0 unspecified atom stereocenters. The molecule has 0 aliphatic carbocycles. The topological polar surface area (TPSA) is 33.2 Å². The highest BCUT2D eigenvalue weighted by molar-refractivity contribution is 7.22. The SMILES string of the molecule is Cc1cc(C)c2nc(N(Cc3ccccc3)C(=O)c3ccc(C(F)(F)F)cc3)sc2c1. The number of aromatic nitrogens is 1. The van der Waals surface area contributed by atoms with Crippen molar-refractivity contribution >= 4 is 32.6 Å². The predicted molar refractivity (Wildman–Crippen MR) is 117 cm³/mol. The average molecular weight is 440 g/mol. The van der Waals surface area contributed by atoms with Gasteiger partial charge in [-0.25, -0.2) is 4.98 Å². The third kappa shape index (κ3) is 4.46. The maximum absolute atomic E-state index is 13.4. The fourth-order valence-corrected chi connectivity index (χ4v) is 4.56. The van der Waals surface area contributed by atoms with Crippen LogP contribution in [0, 0.1) is 13.8 Å². The van der Waals surface area contributed by atoms with E-state index in [1.165, 1.54) is 28.4 Å². The molecule has 1 heterocycles. The molecule has 0 radical (unpaired) electrons. The Morgan fingerprint density at radius 3 is 2.32 bits per heavy atom. The van der Waals surface area contributed by atoms with Crippen LogP contribution in [-0.4, -0.2) is 10.9 Å². The number of hydrogen-bond donors (Lipinski definition) is 0.